The second-order valence-corrected chi connectivity index (χ2v) is 9.52. The summed E-state index contributed by atoms with van der Waals surface area (Å²) in [6.45, 7) is 1.65. The fraction of sp³-hybridized carbons (Fsp3) is 0.368. The highest BCUT2D eigenvalue weighted by Crippen LogP contribution is 2.40. The van der Waals surface area contributed by atoms with Crippen molar-refractivity contribution in [2.75, 3.05) is 26.9 Å². The van der Waals surface area contributed by atoms with Crippen LogP contribution in [0.1, 0.15) is 12.8 Å². The molecular formula is C19H23NO4S2. The molecule has 0 unspecified atom stereocenters. The van der Waals surface area contributed by atoms with Crippen LogP contribution in [-0.2, 0) is 14.8 Å². The Hall–Kier alpha value is -1.54. The Balaban J connectivity index is 1.74. The SMILES string of the molecule is COc1ccc(S(=O)(=O)NCC2(Sc3ccccc3)CCOCC2)cc1. The molecule has 1 N–H and O–H groups in total. The molecule has 0 amide bonds. The maximum atomic E-state index is 12.7. The van der Waals surface area contributed by atoms with Gasteiger partial charge in [0, 0.05) is 29.4 Å². The monoisotopic (exact) mass is 393 g/mol. The quantitative estimate of drug-likeness (QED) is 0.782. The minimum Gasteiger partial charge on any atom is -0.497 e. The molecule has 3 rings (SSSR count). The van der Waals surface area contributed by atoms with Crippen LogP contribution in [0, 0.1) is 0 Å². The van der Waals surface area contributed by atoms with Gasteiger partial charge in [0.2, 0.25) is 10.0 Å². The van der Waals surface area contributed by atoms with Crippen molar-refractivity contribution in [1.29, 1.82) is 0 Å². The van der Waals surface area contributed by atoms with Crippen LogP contribution in [0.25, 0.3) is 0 Å². The van der Waals surface area contributed by atoms with Gasteiger partial charge in [-0.05, 0) is 49.2 Å². The molecule has 0 bridgehead atoms. The minimum atomic E-state index is -3.57. The van der Waals surface area contributed by atoms with Gasteiger partial charge in [0.1, 0.15) is 5.75 Å². The van der Waals surface area contributed by atoms with Crippen LogP contribution in [0.4, 0.5) is 0 Å². The first-order valence-electron chi connectivity index (χ1n) is 8.49. The largest absolute Gasteiger partial charge is 0.497 e. The van der Waals surface area contributed by atoms with E-state index in [1.807, 2.05) is 18.2 Å². The third-order valence-corrected chi connectivity index (χ3v) is 7.35. The lowest BCUT2D eigenvalue weighted by Crippen LogP contribution is -2.44. The molecule has 0 aliphatic carbocycles. The Kier molecular flexibility index (Phi) is 6.24. The van der Waals surface area contributed by atoms with Gasteiger partial charge < -0.3 is 9.47 Å². The summed E-state index contributed by atoms with van der Waals surface area (Å²) in [7, 11) is -2.02. The van der Waals surface area contributed by atoms with Crippen LogP contribution in [0.15, 0.2) is 64.4 Å². The van der Waals surface area contributed by atoms with Crippen molar-refractivity contribution in [3.63, 3.8) is 0 Å². The minimum absolute atomic E-state index is 0.209. The summed E-state index contributed by atoms with van der Waals surface area (Å²) in [5.41, 5.74) is 0. The average molecular weight is 394 g/mol. The van der Waals surface area contributed by atoms with Crippen LogP contribution in [0.5, 0.6) is 5.75 Å². The standard InChI is InChI=1S/C19H23NO4S2/c1-23-16-7-9-18(10-8-16)26(21,22)20-15-19(11-13-24-14-12-19)25-17-5-3-2-4-6-17/h2-10,20H,11-15H2,1H3. The fourth-order valence-electron chi connectivity index (χ4n) is 2.86. The number of hydrogen-bond acceptors (Lipinski definition) is 5. The summed E-state index contributed by atoms with van der Waals surface area (Å²) in [5.74, 6) is 0.629. The van der Waals surface area contributed by atoms with Gasteiger partial charge in [-0.1, -0.05) is 18.2 Å². The highest BCUT2D eigenvalue weighted by Gasteiger charge is 2.35. The second-order valence-electron chi connectivity index (χ2n) is 6.21. The molecule has 1 heterocycles. The van der Waals surface area contributed by atoms with Crippen molar-refractivity contribution in [1.82, 2.24) is 4.72 Å². The molecule has 0 spiro atoms. The Labute approximate surface area is 159 Å². The van der Waals surface area contributed by atoms with E-state index in [9.17, 15) is 8.42 Å². The normalized spacial score (nSPS) is 17.0. The smallest absolute Gasteiger partial charge is 0.240 e. The zero-order valence-electron chi connectivity index (χ0n) is 14.7. The first-order chi connectivity index (χ1) is 12.5. The molecule has 0 atom stereocenters. The number of sulfonamides is 1. The molecule has 140 valence electrons. The topological polar surface area (TPSA) is 64.6 Å². The van der Waals surface area contributed by atoms with E-state index < -0.39 is 10.0 Å². The van der Waals surface area contributed by atoms with Crippen molar-refractivity contribution in [3.8, 4) is 5.75 Å². The molecule has 26 heavy (non-hydrogen) atoms. The summed E-state index contributed by atoms with van der Waals surface area (Å²) in [5, 5.41) is 0. The lowest BCUT2D eigenvalue weighted by Gasteiger charge is -2.36. The fourth-order valence-corrected chi connectivity index (χ4v) is 5.39. The lowest BCUT2D eigenvalue weighted by molar-refractivity contribution is 0.0784. The van der Waals surface area contributed by atoms with E-state index in [1.54, 1.807) is 43.1 Å². The van der Waals surface area contributed by atoms with Gasteiger partial charge in [-0.25, -0.2) is 13.1 Å². The molecule has 0 radical (unpaired) electrons. The van der Waals surface area contributed by atoms with Crippen molar-refractivity contribution >= 4 is 21.8 Å². The van der Waals surface area contributed by atoms with E-state index in [2.05, 4.69) is 16.9 Å². The van der Waals surface area contributed by atoms with Crippen LogP contribution >= 0.6 is 11.8 Å². The molecule has 0 aromatic heterocycles. The van der Waals surface area contributed by atoms with Gasteiger partial charge in [-0.2, -0.15) is 0 Å². The van der Waals surface area contributed by atoms with Crippen molar-refractivity contribution < 1.29 is 17.9 Å². The highest BCUT2D eigenvalue weighted by atomic mass is 32.2. The first-order valence-corrected chi connectivity index (χ1v) is 10.8. The Morgan fingerprint density at radius 1 is 1.08 bits per heavy atom. The predicted molar refractivity (Wildman–Crippen MR) is 103 cm³/mol. The maximum Gasteiger partial charge on any atom is 0.240 e. The van der Waals surface area contributed by atoms with E-state index in [-0.39, 0.29) is 9.64 Å². The van der Waals surface area contributed by atoms with Crippen LogP contribution < -0.4 is 9.46 Å². The Bertz CT molecular complexity index is 801. The number of rotatable bonds is 7. The molecule has 7 heteroatoms. The zero-order chi connectivity index (χ0) is 18.5. The summed E-state index contributed by atoms with van der Waals surface area (Å²) < 4.78 is 38.5. The number of nitrogens with one attached hydrogen (secondary N) is 1. The molecule has 1 saturated heterocycles. The molecule has 2 aromatic carbocycles. The third-order valence-electron chi connectivity index (χ3n) is 4.44. The van der Waals surface area contributed by atoms with Gasteiger partial charge in [0.25, 0.3) is 0 Å². The number of hydrogen-bond donors (Lipinski definition) is 1. The summed E-state index contributed by atoms with van der Waals surface area (Å²) >= 11 is 1.73. The summed E-state index contributed by atoms with van der Waals surface area (Å²) in [4.78, 5) is 1.38. The van der Waals surface area contributed by atoms with Gasteiger partial charge in [-0.3, -0.25) is 0 Å². The lowest BCUT2D eigenvalue weighted by atomic mass is 9.99. The van der Waals surface area contributed by atoms with Crippen molar-refractivity contribution in [2.24, 2.45) is 0 Å². The van der Waals surface area contributed by atoms with Crippen LogP contribution in [-0.4, -0.2) is 40.0 Å². The van der Waals surface area contributed by atoms with Gasteiger partial charge in [-0.15, -0.1) is 11.8 Å². The van der Waals surface area contributed by atoms with Gasteiger partial charge >= 0.3 is 0 Å². The van der Waals surface area contributed by atoms with Crippen molar-refractivity contribution in [3.05, 3.63) is 54.6 Å². The van der Waals surface area contributed by atoms with E-state index in [1.165, 1.54) is 0 Å². The molecule has 1 aliphatic rings. The highest BCUT2D eigenvalue weighted by molar-refractivity contribution is 8.00. The summed E-state index contributed by atoms with van der Waals surface area (Å²) in [6, 6.07) is 16.5. The van der Waals surface area contributed by atoms with E-state index in [0.717, 1.165) is 17.7 Å². The van der Waals surface area contributed by atoms with Gasteiger partial charge in [0.05, 0.1) is 12.0 Å². The molecular weight excluding hydrogens is 370 g/mol. The average Bonchev–Trinajstić information content (AvgIpc) is 2.68. The Morgan fingerprint density at radius 2 is 1.73 bits per heavy atom. The number of ether oxygens (including phenoxy) is 2. The molecule has 1 aliphatic heterocycles. The summed E-state index contributed by atoms with van der Waals surface area (Å²) in [6.07, 6.45) is 1.61. The molecule has 2 aromatic rings. The molecule has 5 nitrogen and oxygen atoms in total. The van der Waals surface area contributed by atoms with Crippen LogP contribution in [0.3, 0.4) is 0 Å². The number of benzene rings is 2. The van der Waals surface area contributed by atoms with E-state index in [4.69, 9.17) is 9.47 Å². The molecule has 0 saturated carbocycles. The van der Waals surface area contributed by atoms with Crippen LogP contribution in [0.2, 0.25) is 0 Å². The zero-order valence-corrected chi connectivity index (χ0v) is 16.3. The Morgan fingerprint density at radius 3 is 2.35 bits per heavy atom. The molecule has 1 fully saturated rings. The van der Waals surface area contributed by atoms with Crippen molar-refractivity contribution in [2.45, 2.75) is 27.4 Å². The second kappa shape index (κ2) is 8.43. The number of thioether (sulfide) groups is 1. The van der Waals surface area contributed by atoms with E-state index >= 15 is 0 Å². The van der Waals surface area contributed by atoms with E-state index in [0.29, 0.717) is 25.5 Å². The van der Waals surface area contributed by atoms with Gasteiger partial charge in [0.15, 0.2) is 0 Å². The maximum absolute atomic E-state index is 12.7. The number of methoxy groups -OCH3 is 1. The first kappa shape index (κ1) is 19.2. The third kappa shape index (κ3) is 4.79. The predicted octanol–water partition coefficient (Wildman–Crippen LogP) is 3.32.